The Morgan fingerprint density at radius 2 is 2.08 bits per heavy atom. The maximum atomic E-state index is 7.33. The highest BCUT2D eigenvalue weighted by Gasteiger charge is 2.21. The zero-order valence-electron chi connectivity index (χ0n) is 13.3. The number of allylic oxidation sites excluding steroid dienone is 1. The lowest BCUT2D eigenvalue weighted by Crippen LogP contribution is -2.27. The van der Waals surface area contributed by atoms with E-state index < -0.39 is 0 Å². The summed E-state index contributed by atoms with van der Waals surface area (Å²) in [4.78, 5) is 11.0. The van der Waals surface area contributed by atoms with Gasteiger partial charge in [-0.15, -0.1) is 0 Å². The van der Waals surface area contributed by atoms with Crippen molar-refractivity contribution >= 4 is 29.2 Å². The summed E-state index contributed by atoms with van der Waals surface area (Å²) in [5, 5.41) is 10.6. The van der Waals surface area contributed by atoms with Gasteiger partial charge in [-0.25, -0.2) is 4.98 Å². The van der Waals surface area contributed by atoms with Crippen LogP contribution in [0.25, 0.3) is 5.57 Å². The molecule has 1 fully saturated rings. The number of nitrogens with zero attached hydrogens (tertiary/aromatic N) is 3. The number of nitrogens with one attached hydrogen (secondary N) is 2. The Kier molecular flexibility index (Phi) is 4.72. The standard InChI is InChI=1S/C17H21N7/c18-9-13(10-19)12-1-3-15(4-2-12)22-16-5-7-21-17(23-16)24-8-6-14(20)11-24/h1-5,7,9-10,14,18H,6,8,11,19-20H2,(H,21,22,23)/b13-10+,18-9?. The fourth-order valence-electron chi connectivity index (χ4n) is 2.66. The van der Waals surface area contributed by atoms with Crippen LogP contribution >= 0.6 is 0 Å². The van der Waals surface area contributed by atoms with Crippen molar-refractivity contribution in [1.29, 1.82) is 5.41 Å². The quantitative estimate of drug-likeness (QED) is 0.622. The third-order valence-electron chi connectivity index (χ3n) is 3.98. The molecule has 1 aromatic carbocycles. The maximum absolute atomic E-state index is 7.33. The summed E-state index contributed by atoms with van der Waals surface area (Å²) >= 11 is 0. The maximum Gasteiger partial charge on any atom is 0.227 e. The van der Waals surface area contributed by atoms with E-state index in [2.05, 4.69) is 20.2 Å². The zero-order chi connectivity index (χ0) is 16.9. The molecule has 0 saturated carbocycles. The van der Waals surface area contributed by atoms with Gasteiger partial charge >= 0.3 is 0 Å². The Morgan fingerprint density at radius 1 is 1.29 bits per heavy atom. The van der Waals surface area contributed by atoms with E-state index in [0.717, 1.165) is 36.6 Å². The number of hydrogen-bond donors (Lipinski definition) is 4. The Hall–Kier alpha value is -2.93. The van der Waals surface area contributed by atoms with E-state index in [-0.39, 0.29) is 6.04 Å². The van der Waals surface area contributed by atoms with Gasteiger partial charge in [0.15, 0.2) is 0 Å². The Balaban J connectivity index is 1.73. The van der Waals surface area contributed by atoms with Gasteiger partial charge in [0.05, 0.1) is 0 Å². The van der Waals surface area contributed by atoms with Gasteiger partial charge in [-0.2, -0.15) is 4.98 Å². The van der Waals surface area contributed by atoms with Crippen molar-refractivity contribution in [3.63, 3.8) is 0 Å². The van der Waals surface area contributed by atoms with E-state index in [9.17, 15) is 0 Å². The van der Waals surface area contributed by atoms with E-state index in [1.54, 1.807) is 6.20 Å². The zero-order valence-corrected chi connectivity index (χ0v) is 13.3. The van der Waals surface area contributed by atoms with Crippen molar-refractivity contribution in [3.8, 4) is 0 Å². The average molecular weight is 323 g/mol. The van der Waals surface area contributed by atoms with Crippen molar-refractivity contribution in [3.05, 3.63) is 48.3 Å². The highest BCUT2D eigenvalue weighted by Crippen LogP contribution is 2.21. The second-order valence-electron chi connectivity index (χ2n) is 5.71. The molecule has 0 bridgehead atoms. The summed E-state index contributed by atoms with van der Waals surface area (Å²) < 4.78 is 0. The van der Waals surface area contributed by atoms with Crippen molar-refractivity contribution in [2.45, 2.75) is 12.5 Å². The van der Waals surface area contributed by atoms with Gasteiger partial charge in [-0.3, -0.25) is 0 Å². The summed E-state index contributed by atoms with van der Waals surface area (Å²) in [5.41, 5.74) is 13.9. The molecule has 0 radical (unpaired) electrons. The third-order valence-corrected chi connectivity index (χ3v) is 3.98. The highest BCUT2D eigenvalue weighted by molar-refractivity contribution is 6.08. The van der Waals surface area contributed by atoms with E-state index >= 15 is 0 Å². The van der Waals surface area contributed by atoms with E-state index in [0.29, 0.717) is 11.5 Å². The molecule has 7 heteroatoms. The van der Waals surface area contributed by atoms with Crippen LogP contribution in [0.4, 0.5) is 17.5 Å². The average Bonchev–Trinajstić information content (AvgIpc) is 3.04. The number of nitrogens with two attached hydrogens (primary N) is 2. The molecule has 0 aliphatic carbocycles. The van der Waals surface area contributed by atoms with Gasteiger partial charge < -0.3 is 27.1 Å². The predicted molar refractivity (Wildman–Crippen MR) is 97.5 cm³/mol. The lowest BCUT2D eigenvalue weighted by Gasteiger charge is -2.16. The lowest BCUT2D eigenvalue weighted by molar-refractivity contribution is 0.750. The first kappa shape index (κ1) is 15.9. The van der Waals surface area contributed by atoms with Crippen LogP contribution in [0.1, 0.15) is 12.0 Å². The van der Waals surface area contributed by atoms with Gasteiger partial charge in [-0.1, -0.05) is 12.1 Å². The van der Waals surface area contributed by atoms with Gasteiger partial charge in [0, 0.05) is 49.0 Å². The minimum absolute atomic E-state index is 0.191. The molecule has 1 atom stereocenters. The molecule has 7 nitrogen and oxygen atoms in total. The largest absolute Gasteiger partial charge is 0.404 e. The molecule has 1 unspecified atom stereocenters. The van der Waals surface area contributed by atoms with Gasteiger partial charge in [-0.05, 0) is 30.2 Å². The predicted octanol–water partition coefficient (Wildman–Crippen LogP) is 1.71. The normalized spacial score (nSPS) is 17.8. The molecule has 1 aliphatic rings. The van der Waals surface area contributed by atoms with Crippen LogP contribution in [-0.2, 0) is 0 Å². The molecule has 0 amide bonds. The second kappa shape index (κ2) is 7.10. The SMILES string of the molecule is N=C/C(=C\N)c1ccc(Nc2ccnc(N3CCC(N)C3)n2)cc1. The van der Waals surface area contributed by atoms with Crippen molar-refractivity contribution in [2.75, 3.05) is 23.3 Å². The number of anilines is 3. The molecule has 124 valence electrons. The smallest absolute Gasteiger partial charge is 0.227 e. The van der Waals surface area contributed by atoms with Crippen molar-refractivity contribution < 1.29 is 0 Å². The Bertz CT molecular complexity index is 739. The number of hydrogen-bond acceptors (Lipinski definition) is 7. The van der Waals surface area contributed by atoms with Gasteiger partial charge in [0.2, 0.25) is 5.95 Å². The van der Waals surface area contributed by atoms with Crippen molar-refractivity contribution in [1.82, 2.24) is 9.97 Å². The molecule has 0 spiro atoms. The summed E-state index contributed by atoms with van der Waals surface area (Å²) in [6.07, 6.45) is 5.37. The fourth-order valence-corrected chi connectivity index (χ4v) is 2.66. The first-order valence-electron chi connectivity index (χ1n) is 7.83. The molecule has 1 aromatic heterocycles. The summed E-state index contributed by atoms with van der Waals surface area (Å²) in [6.45, 7) is 1.67. The van der Waals surface area contributed by atoms with Crippen LogP contribution in [-0.4, -0.2) is 35.3 Å². The Morgan fingerprint density at radius 3 is 2.71 bits per heavy atom. The molecule has 1 aliphatic heterocycles. The molecule has 6 N–H and O–H groups in total. The van der Waals surface area contributed by atoms with E-state index in [1.807, 2.05) is 30.3 Å². The first-order valence-corrected chi connectivity index (χ1v) is 7.83. The summed E-state index contributed by atoms with van der Waals surface area (Å²) in [7, 11) is 0. The molecular formula is C17H21N7. The molecule has 3 rings (SSSR count). The van der Waals surface area contributed by atoms with E-state index in [1.165, 1.54) is 12.4 Å². The molecule has 2 aromatic rings. The lowest BCUT2D eigenvalue weighted by atomic mass is 10.1. The number of benzene rings is 1. The topological polar surface area (TPSA) is 117 Å². The first-order chi connectivity index (χ1) is 11.7. The minimum atomic E-state index is 0.191. The second-order valence-corrected chi connectivity index (χ2v) is 5.71. The van der Waals surface area contributed by atoms with Crippen LogP contribution < -0.4 is 21.7 Å². The number of rotatable bonds is 5. The van der Waals surface area contributed by atoms with E-state index in [4.69, 9.17) is 16.9 Å². The molecule has 1 saturated heterocycles. The monoisotopic (exact) mass is 323 g/mol. The third kappa shape index (κ3) is 3.52. The number of aromatic nitrogens is 2. The van der Waals surface area contributed by atoms with Crippen LogP contribution in [0.5, 0.6) is 0 Å². The molecule has 2 heterocycles. The minimum Gasteiger partial charge on any atom is -0.404 e. The van der Waals surface area contributed by atoms with Crippen LogP contribution in [0, 0.1) is 5.41 Å². The van der Waals surface area contributed by atoms with Gasteiger partial charge in [0.1, 0.15) is 5.82 Å². The summed E-state index contributed by atoms with van der Waals surface area (Å²) in [5.74, 6) is 1.43. The Labute approximate surface area is 140 Å². The van der Waals surface area contributed by atoms with Crippen LogP contribution in [0.15, 0.2) is 42.7 Å². The van der Waals surface area contributed by atoms with Crippen LogP contribution in [0.3, 0.4) is 0 Å². The van der Waals surface area contributed by atoms with Crippen molar-refractivity contribution in [2.24, 2.45) is 11.5 Å². The molecular weight excluding hydrogens is 302 g/mol. The fraction of sp³-hybridized carbons (Fsp3) is 0.235. The molecule has 24 heavy (non-hydrogen) atoms. The summed E-state index contributed by atoms with van der Waals surface area (Å²) in [6, 6.07) is 9.69. The van der Waals surface area contributed by atoms with Crippen LogP contribution in [0.2, 0.25) is 0 Å². The van der Waals surface area contributed by atoms with Gasteiger partial charge in [0.25, 0.3) is 0 Å². The highest BCUT2D eigenvalue weighted by atomic mass is 15.3.